The summed E-state index contributed by atoms with van der Waals surface area (Å²) in [4.78, 5) is 25.9. The van der Waals surface area contributed by atoms with Crippen molar-refractivity contribution in [3.8, 4) is 0 Å². The van der Waals surface area contributed by atoms with Crippen molar-refractivity contribution in [1.82, 2.24) is 19.7 Å². The first kappa shape index (κ1) is 24.3. The van der Waals surface area contributed by atoms with E-state index < -0.39 is 17.6 Å². The van der Waals surface area contributed by atoms with Gasteiger partial charge in [-0.3, -0.25) is 9.59 Å². The Morgan fingerprint density at radius 3 is 2.42 bits per heavy atom. The summed E-state index contributed by atoms with van der Waals surface area (Å²) in [5.74, 6) is -0.401. The molecule has 0 aliphatic rings. The maximum absolute atomic E-state index is 13.1. The molecule has 0 radical (unpaired) electrons. The SMILES string of the molecule is Cc1nnc(SCC(=O)N(C)CC(=O)Nc2ccccc2C(F)(F)F)n1Cc1ccccc1. The molecule has 11 heteroatoms. The van der Waals surface area contributed by atoms with Crippen LogP contribution in [0.3, 0.4) is 0 Å². The minimum atomic E-state index is -4.60. The summed E-state index contributed by atoms with van der Waals surface area (Å²) in [6.45, 7) is 1.98. The number of hydrogen-bond acceptors (Lipinski definition) is 5. The van der Waals surface area contributed by atoms with Crippen molar-refractivity contribution in [2.75, 3.05) is 24.7 Å². The van der Waals surface area contributed by atoms with E-state index in [-0.39, 0.29) is 23.9 Å². The number of likely N-dealkylation sites (N-methyl/N-ethyl adjacent to an activating group) is 1. The second kappa shape index (κ2) is 10.5. The number of thioether (sulfide) groups is 1. The van der Waals surface area contributed by atoms with Crippen LogP contribution < -0.4 is 5.32 Å². The number of nitrogens with zero attached hydrogens (tertiary/aromatic N) is 4. The topological polar surface area (TPSA) is 80.1 Å². The first-order valence-electron chi connectivity index (χ1n) is 9.91. The van der Waals surface area contributed by atoms with Gasteiger partial charge in [0.15, 0.2) is 5.16 Å². The Morgan fingerprint density at radius 1 is 1.06 bits per heavy atom. The lowest BCUT2D eigenvalue weighted by Gasteiger charge is -2.18. The summed E-state index contributed by atoms with van der Waals surface area (Å²) in [6, 6.07) is 14.4. The number of alkyl halides is 3. The molecule has 3 aromatic rings. The molecule has 0 aliphatic carbocycles. The predicted molar refractivity (Wildman–Crippen MR) is 119 cm³/mol. The molecule has 0 atom stereocenters. The number of hydrogen-bond donors (Lipinski definition) is 1. The van der Waals surface area contributed by atoms with Crippen molar-refractivity contribution in [1.29, 1.82) is 0 Å². The van der Waals surface area contributed by atoms with Gasteiger partial charge in [-0.1, -0.05) is 54.2 Å². The Bertz CT molecular complexity index is 1120. The minimum absolute atomic E-state index is 0.00413. The Balaban J connectivity index is 1.56. The van der Waals surface area contributed by atoms with Gasteiger partial charge in [0.1, 0.15) is 5.82 Å². The lowest BCUT2D eigenvalue weighted by atomic mass is 10.1. The molecule has 0 spiro atoms. The molecule has 1 aromatic heterocycles. The third-order valence-electron chi connectivity index (χ3n) is 4.72. The normalized spacial score (nSPS) is 11.3. The average molecular weight is 478 g/mol. The number of halogens is 3. The zero-order valence-electron chi connectivity index (χ0n) is 18.0. The minimum Gasteiger partial charge on any atom is -0.336 e. The fraction of sp³-hybridized carbons (Fsp3) is 0.273. The molecule has 2 aromatic carbocycles. The van der Waals surface area contributed by atoms with E-state index in [1.165, 1.54) is 37.0 Å². The van der Waals surface area contributed by atoms with Gasteiger partial charge in [-0.05, 0) is 24.6 Å². The van der Waals surface area contributed by atoms with E-state index in [2.05, 4.69) is 15.5 Å². The Morgan fingerprint density at radius 2 is 1.73 bits per heavy atom. The fourth-order valence-corrected chi connectivity index (χ4v) is 3.91. The van der Waals surface area contributed by atoms with Crippen LogP contribution in [0.1, 0.15) is 17.0 Å². The summed E-state index contributed by atoms with van der Waals surface area (Å²) in [5.41, 5.74) is -0.243. The Kier molecular flexibility index (Phi) is 7.75. The van der Waals surface area contributed by atoms with Crippen LogP contribution in [0.4, 0.5) is 18.9 Å². The molecule has 0 bridgehead atoms. The van der Waals surface area contributed by atoms with Crippen LogP contribution in [0.15, 0.2) is 59.8 Å². The standard InChI is InChI=1S/C22H22F3N5O2S/c1-15-27-28-21(30(15)12-16-8-4-3-5-9-16)33-14-20(32)29(2)13-19(31)26-18-11-7-6-10-17(18)22(23,24)25/h3-11H,12-14H2,1-2H3,(H,26,31). The number of carbonyl (C=O) groups excluding carboxylic acids is 2. The number of nitrogens with one attached hydrogen (secondary N) is 1. The Labute approximate surface area is 193 Å². The van der Waals surface area contributed by atoms with E-state index in [0.29, 0.717) is 17.5 Å². The number of benzene rings is 2. The molecule has 1 heterocycles. The summed E-state index contributed by atoms with van der Waals surface area (Å²) in [5, 5.41) is 11.0. The third-order valence-corrected chi connectivity index (χ3v) is 5.67. The van der Waals surface area contributed by atoms with Gasteiger partial charge in [-0.15, -0.1) is 10.2 Å². The molecule has 0 unspecified atom stereocenters. The summed E-state index contributed by atoms with van der Waals surface area (Å²) in [7, 11) is 1.41. The molecule has 7 nitrogen and oxygen atoms in total. The highest BCUT2D eigenvalue weighted by molar-refractivity contribution is 7.99. The van der Waals surface area contributed by atoms with Crippen LogP contribution in [-0.4, -0.2) is 50.8 Å². The van der Waals surface area contributed by atoms with Gasteiger partial charge in [0, 0.05) is 7.05 Å². The molecule has 174 valence electrons. The van der Waals surface area contributed by atoms with Crippen molar-refractivity contribution in [2.24, 2.45) is 0 Å². The number of rotatable bonds is 8. The van der Waals surface area contributed by atoms with E-state index in [9.17, 15) is 22.8 Å². The van der Waals surface area contributed by atoms with E-state index in [1.807, 2.05) is 41.8 Å². The van der Waals surface area contributed by atoms with E-state index in [0.717, 1.165) is 16.5 Å². The van der Waals surface area contributed by atoms with Crippen molar-refractivity contribution >= 4 is 29.3 Å². The maximum Gasteiger partial charge on any atom is 0.418 e. The van der Waals surface area contributed by atoms with Gasteiger partial charge < -0.3 is 14.8 Å². The van der Waals surface area contributed by atoms with Crippen molar-refractivity contribution in [2.45, 2.75) is 24.8 Å². The van der Waals surface area contributed by atoms with Gasteiger partial charge in [0.05, 0.1) is 30.1 Å². The van der Waals surface area contributed by atoms with Gasteiger partial charge in [0.2, 0.25) is 11.8 Å². The number of para-hydroxylation sites is 1. The number of aromatic nitrogens is 3. The Hall–Kier alpha value is -3.34. The van der Waals surface area contributed by atoms with Crippen LogP contribution in [0.2, 0.25) is 0 Å². The molecule has 2 amide bonds. The molecular formula is C22H22F3N5O2S. The number of amides is 2. The molecular weight excluding hydrogens is 455 g/mol. The predicted octanol–water partition coefficient (Wildman–Crippen LogP) is 3.84. The molecule has 0 saturated carbocycles. The third kappa shape index (κ3) is 6.58. The first-order valence-corrected chi connectivity index (χ1v) is 10.9. The van der Waals surface area contributed by atoms with E-state index in [4.69, 9.17) is 0 Å². The molecule has 0 aliphatic heterocycles. The zero-order valence-corrected chi connectivity index (χ0v) is 18.8. The number of carbonyl (C=O) groups is 2. The number of aryl methyl sites for hydroxylation is 1. The van der Waals surface area contributed by atoms with E-state index >= 15 is 0 Å². The highest BCUT2D eigenvalue weighted by Gasteiger charge is 2.33. The van der Waals surface area contributed by atoms with E-state index in [1.54, 1.807) is 0 Å². The lowest BCUT2D eigenvalue weighted by molar-refractivity contribution is -0.137. The van der Waals surface area contributed by atoms with Crippen molar-refractivity contribution < 1.29 is 22.8 Å². The van der Waals surface area contributed by atoms with Crippen LogP contribution in [0.25, 0.3) is 0 Å². The van der Waals surface area contributed by atoms with Gasteiger partial charge >= 0.3 is 6.18 Å². The smallest absolute Gasteiger partial charge is 0.336 e. The van der Waals surface area contributed by atoms with Crippen molar-refractivity contribution in [3.63, 3.8) is 0 Å². The van der Waals surface area contributed by atoms with Crippen LogP contribution in [0.5, 0.6) is 0 Å². The van der Waals surface area contributed by atoms with Crippen LogP contribution in [-0.2, 0) is 22.3 Å². The molecule has 3 rings (SSSR count). The van der Waals surface area contributed by atoms with Gasteiger partial charge in [-0.2, -0.15) is 13.2 Å². The van der Waals surface area contributed by atoms with Crippen LogP contribution >= 0.6 is 11.8 Å². The van der Waals surface area contributed by atoms with Crippen molar-refractivity contribution in [3.05, 3.63) is 71.5 Å². The first-order chi connectivity index (χ1) is 15.6. The highest BCUT2D eigenvalue weighted by Crippen LogP contribution is 2.34. The quantitative estimate of drug-likeness (QED) is 0.499. The zero-order chi connectivity index (χ0) is 24.0. The molecule has 0 saturated heterocycles. The lowest BCUT2D eigenvalue weighted by Crippen LogP contribution is -2.36. The summed E-state index contributed by atoms with van der Waals surface area (Å²) in [6.07, 6.45) is -4.60. The molecule has 0 fully saturated rings. The average Bonchev–Trinajstić information content (AvgIpc) is 3.11. The monoisotopic (exact) mass is 477 g/mol. The van der Waals surface area contributed by atoms with Gasteiger partial charge in [-0.25, -0.2) is 0 Å². The molecule has 33 heavy (non-hydrogen) atoms. The second-order valence-corrected chi connectivity index (χ2v) is 8.17. The maximum atomic E-state index is 13.1. The van der Waals surface area contributed by atoms with Crippen LogP contribution in [0, 0.1) is 6.92 Å². The largest absolute Gasteiger partial charge is 0.418 e. The fourth-order valence-electron chi connectivity index (χ4n) is 2.99. The van der Waals surface area contributed by atoms with Gasteiger partial charge in [0.25, 0.3) is 0 Å². The number of anilines is 1. The molecule has 1 N–H and O–H groups in total. The highest BCUT2D eigenvalue weighted by atomic mass is 32.2. The summed E-state index contributed by atoms with van der Waals surface area (Å²) < 4.78 is 41.2. The summed E-state index contributed by atoms with van der Waals surface area (Å²) >= 11 is 1.18. The second-order valence-electron chi connectivity index (χ2n) is 7.23.